The van der Waals surface area contributed by atoms with Crippen molar-refractivity contribution < 1.29 is 9.53 Å². The number of aryl methyl sites for hydroxylation is 1. The summed E-state index contributed by atoms with van der Waals surface area (Å²) in [6.45, 7) is 0.373. The van der Waals surface area contributed by atoms with Crippen LogP contribution in [0.3, 0.4) is 0 Å². The molecule has 0 saturated heterocycles. The molecule has 0 spiro atoms. The van der Waals surface area contributed by atoms with Gasteiger partial charge in [0.1, 0.15) is 12.1 Å². The molecule has 0 aliphatic heterocycles. The van der Waals surface area contributed by atoms with Crippen LogP contribution in [0, 0.1) is 0 Å². The van der Waals surface area contributed by atoms with E-state index in [0.29, 0.717) is 23.7 Å². The van der Waals surface area contributed by atoms with Gasteiger partial charge in [-0.3, -0.25) is 4.79 Å². The predicted molar refractivity (Wildman–Crippen MR) is 108 cm³/mol. The topological polar surface area (TPSA) is 81.9 Å². The first-order valence-electron chi connectivity index (χ1n) is 9.09. The minimum absolute atomic E-state index is 0.156. The van der Waals surface area contributed by atoms with E-state index in [1.165, 1.54) is 0 Å². The first-order chi connectivity index (χ1) is 14.2. The third-order valence-corrected chi connectivity index (χ3v) is 4.33. The summed E-state index contributed by atoms with van der Waals surface area (Å²) in [4.78, 5) is 16.7. The molecule has 4 aromatic rings. The number of aromatic nitrogens is 4. The molecule has 2 heterocycles. The lowest BCUT2D eigenvalue weighted by Gasteiger charge is -2.08. The number of rotatable bonds is 6. The maximum Gasteiger partial charge on any atom is 0.251 e. The van der Waals surface area contributed by atoms with Crippen molar-refractivity contribution in [2.75, 3.05) is 0 Å². The number of benzene rings is 2. The average molecular weight is 385 g/mol. The summed E-state index contributed by atoms with van der Waals surface area (Å²) in [6, 6.07) is 20.4. The van der Waals surface area contributed by atoms with E-state index >= 15 is 0 Å². The molecule has 144 valence electrons. The molecular weight excluding hydrogens is 366 g/mol. The number of hydrogen-bond donors (Lipinski definition) is 1. The van der Waals surface area contributed by atoms with Gasteiger partial charge in [-0.15, -0.1) is 10.2 Å². The Morgan fingerprint density at radius 3 is 2.59 bits per heavy atom. The van der Waals surface area contributed by atoms with E-state index in [1.54, 1.807) is 24.7 Å². The SMILES string of the molecule is Cn1cnnc1-c1ccc(C(=O)NCc2ccnc(Oc3ccccc3)c2)cc1. The Morgan fingerprint density at radius 2 is 1.86 bits per heavy atom. The van der Waals surface area contributed by atoms with Crippen molar-refractivity contribution in [2.45, 2.75) is 6.54 Å². The Bertz CT molecular complexity index is 1110. The quantitative estimate of drug-likeness (QED) is 0.548. The number of carbonyl (C=O) groups is 1. The molecule has 0 aliphatic rings. The Kier molecular flexibility index (Phi) is 5.29. The average Bonchev–Trinajstić information content (AvgIpc) is 3.19. The van der Waals surface area contributed by atoms with E-state index in [2.05, 4.69) is 20.5 Å². The molecule has 4 rings (SSSR count). The maximum absolute atomic E-state index is 12.5. The molecule has 1 N–H and O–H groups in total. The number of amides is 1. The lowest BCUT2D eigenvalue weighted by atomic mass is 10.1. The molecule has 2 aromatic heterocycles. The largest absolute Gasteiger partial charge is 0.439 e. The smallest absolute Gasteiger partial charge is 0.251 e. The lowest BCUT2D eigenvalue weighted by molar-refractivity contribution is 0.0951. The molecule has 0 saturated carbocycles. The summed E-state index contributed by atoms with van der Waals surface area (Å²) >= 11 is 0. The zero-order valence-electron chi connectivity index (χ0n) is 15.8. The van der Waals surface area contributed by atoms with Crippen LogP contribution in [0.5, 0.6) is 11.6 Å². The summed E-state index contributed by atoms with van der Waals surface area (Å²) in [5.41, 5.74) is 2.37. The first kappa shape index (κ1) is 18.4. The first-order valence-corrected chi connectivity index (χ1v) is 9.09. The van der Waals surface area contributed by atoms with E-state index < -0.39 is 0 Å². The fourth-order valence-corrected chi connectivity index (χ4v) is 2.83. The van der Waals surface area contributed by atoms with E-state index in [-0.39, 0.29) is 5.91 Å². The maximum atomic E-state index is 12.5. The fraction of sp³-hybridized carbons (Fsp3) is 0.0909. The standard InChI is InChI=1S/C22H19N5O2/c1-27-15-25-26-21(27)17-7-9-18(10-8-17)22(28)24-14-16-11-12-23-20(13-16)29-19-5-3-2-4-6-19/h2-13,15H,14H2,1H3,(H,24,28). The molecule has 29 heavy (non-hydrogen) atoms. The Balaban J connectivity index is 1.38. The van der Waals surface area contributed by atoms with Crippen LogP contribution in [0.4, 0.5) is 0 Å². The third kappa shape index (κ3) is 4.47. The Morgan fingerprint density at radius 1 is 1.07 bits per heavy atom. The van der Waals surface area contributed by atoms with Crippen LogP contribution in [-0.4, -0.2) is 25.7 Å². The highest BCUT2D eigenvalue weighted by atomic mass is 16.5. The van der Waals surface area contributed by atoms with Gasteiger partial charge in [0.2, 0.25) is 5.88 Å². The molecule has 0 bridgehead atoms. The number of nitrogens with zero attached hydrogens (tertiary/aromatic N) is 4. The molecule has 2 aromatic carbocycles. The number of hydrogen-bond acceptors (Lipinski definition) is 5. The number of ether oxygens (including phenoxy) is 1. The highest BCUT2D eigenvalue weighted by Gasteiger charge is 2.09. The second-order valence-electron chi connectivity index (χ2n) is 6.44. The highest BCUT2D eigenvalue weighted by molar-refractivity contribution is 5.94. The second-order valence-corrected chi connectivity index (χ2v) is 6.44. The number of pyridine rings is 1. The summed E-state index contributed by atoms with van der Waals surface area (Å²) in [7, 11) is 1.88. The highest BCUT2D eigenvalue weighted by Crippen LogP contribution is 2.19. The predicted octanol–water partition coefficient (Wildman–Crippen LogP) is 3.60. The van der Waals surface area contributed by atoms with E-state index in [9.17, 15) is 4.79 Å². The summed E-state index contributed by atoms with van der Waals surface area (Å²) in [6.07, 6.45) is 3.30. The number of carbonyl (C=O) groups excluding carboxylic acids is 1. The van der Waals surface area contributed by atoms with Crippen molar-refractivity contribution in [3.8, 4) is 23.0 Å². The number of nitrogens with one attached hydrogen (secondary N) is 1. The lowest BCUT2D eigenvalue weighted by Crippen LogP contribution is -2.22. The van der Waals surface area contributed by atoms with Gasteiger partial charge in [-0.2, -0.15) is 0 Å². The van der Waals surface area contributed by atoms with Crippen LogP contribution in [0.1, 0.15) is 15.9 Å². The molecule has 0 unspecified atom stereocenters. The number of para-hydroxylation sites is 1. The molecule has 7 heteroatoms. The summed E-state index contributed by atoms with van der Waals surface area (Å²) in [5, 5.41) is 10.9. The van der Waals surface area contributed by atoms with Crippen molar-refractivity contribution in [1.82, 2.24) is 25.1 Å². The monoisotopic (exact) mass is 385 g/mol. The van der Waals surface area contributed by atoms with Gasteiger partial charge in [0, 0.05) is 37.0 Å². The van der Waals surface area contributed by atoms with Gasteiger partial charge in [-0.1, -0.05) is 30.3 Å². The Hall–Kier alpha value is -4.00. The van der Waals surface area contributed by atoms with Gasteiger partial charge in [-0.25, -0.2) is 4.98 Å². The second kappa shape index (κ2) is 8.35. The molecule has 0 atom stereocenters. The van der Waals surface area contributed by atoms with Gasteiger partial charge in [0.15, 0.2) is 5.82 Å². The van der Waals surface area contributed by atoms with Gasteiger partial charge in [0.05, 0.1) is 0 Å². The molecule has 0 fully saturated rings. The molecule has 7 nitrogen and oxygen atoms in total. The van der Waals surface area contributed by atoms with Crippen LogP contribution >= 0.6 is 0 Å². The van der Waals surface area contributed by atoms with E-state index in [1.807, 2.05) is 66.2 Å². The van der Waals surface area contributed by atoms with Crippen LogP contribution < -0.4 is 10.1 Å². The Labute approximate surface area is 168 Å². The minimum Gasteiger partial charge on any atom is -0.439 e. The van der Waals surface area contributed by atoms with E-state index in [0.717, 1.165) is 17.0 Å². The van der Waals surface area contributed by atoms with Crippen LogP contribution in [-0.2, 0) is 13.6 Å². The minimum atomic E-state index is -0.156. The van der Waals surface area contributed by atoms with Crippen LogP contribution in [0.2, 0.25) is 0 Å². The van der Waals surface area contributed by atoms with Crippen LogP contribution in [0.25, 0.3) is 11.4 Å². The molecular formula is C22H19N5O2. The zero-order valence-corrected chi connectivity index (χ0v) is 15.8. The third-order valence-electron chi connectivity index (χ3n) is 4.33. The van der Waals surface area contributed by atoms with Crippen molar-refractivity contribution in [3.63, 3.8) is 0 Å². The van der Waals surface area contributed by atoms with Crippen molar-refractivity contribution in [2.24, 2.45) is 7.05 Å². The molecule has 0 radical (unpaired) electrons. The molecule has 1 amide bonds. The van der Waals surface area contributed by atoms with Crippen LogP contribution in [0.15, 0.2) is 79.3 Å². The van der Waals surface area contributed by atoms with Gasteiger partial charge >= 0.3 is 0 Å². The van der Waals surface area contributed by atoms with Gasteiger partial charge in [-0.05, 0) is 35.9 Å². The zero-order chi connectivity index (χ0) is 20.1. The van der Waals surface area contributed by atoms with Crippen molar-refractivity contribution in [3.05, 3.63) is 90.4 Å². The summed E-state index contributed by atoms with van der Waals surface area (Å²) < 4.78 is 7.56. The molecule has 0 aliphatic carbocycles. The van der Waals surface area contributed by atoms with Crippen molar-refractivity contribution in [1.29, 1.82) is 0 Å². The van der Waals surface area contributed by atoms with Crippen molar-refractivity contribution >= 4 is 5.91 Å². The summed E-state index contributed by atoms with van der Waals surface area (Å²) in [5.74, 6) is 1.79. The fourth-order valence-electron chi connectivity index (χ4n) is 2.83. The van der Waals surface area contributed by atoms with Gasteiger partial charge < -0.3 is 14.6 Å². The van der Waals surface area contributed by atoms with Gasteiger partial charge in [0.25, 0.3) is 5.91 Å². The van der Waals surface area contributed by atoms with E-state index in [4.69, 9.17) is 4.74 Å². The normalized spacial score (nSPS) is 10.5.